The van der Waals surface area contributed by atoms with Gasteiger partial charge in [0.2, 0.25) is 0 Å². The van der Waals surface area contributed by atoms with Crippen LogP contribution in [0.25, 0.3) is 0 Å². The first-order chi connectivity index (χ1) is 2.41. The second kappa shape index (κ2) is 4.60. The zero-order chi connectivity index (χ0) is 4.12. The van der Waals surface area contributed by atoms with Gasteiger partial charge in [-0.2, -0.15) is 0 Å². The molecule has 0 bridgehead atoms. The van der Waals surface area contributed by atoms with Crippen LogP contribution in [0.2, 0.25) is 5.09 Å². The van der Waals surface area contributed by atoms with Gasteiger partial charge in [-0.05, 0) is 0 Å². The molecule has 0 atom stereocenters. The maximum atomic E-state index is 2.21. The van der Waals surface area contributed by atoms with E-state index in [9.17, 15) is 0 Å². The van der Waals surface area contributed by atoms with Gasteiger partial charge in [0.05, 0.1) is 0 Å². The van der Waals surface area contributed by atoms with E-state index in [4.69, 9.17) is 0 Å². The van der Waals surface area contributed by atoms with Crippen molar-refractivity contribution in [3.8, 4) is 0 Å². The van der Waals surface area contributed by atoms with Crippen LogP contribution >= 0.6 is 0 Å². The molecule has 1 heteroatoms. The van der Waals surface area contributed by atoms with Gasteiger partial charge in [0.15, 0.2) is 0 Å². The number of unbranched alkanes of at least 4 members (excludes halogenated alkanes) is 1. The first kappa shape index (κ1) is 5.60. The summed E-state index contributed by atoms with van der Waals surface area (Å²) in [6.07, 6.45) is 2.73. The third-order valence-corrected chi connectivity index (χ3v) is 0.707. The van der Waals surface area contributed by atoms with Gasteiger partial charge in [-0.1, -0.05) is 0 Å². The Balaban J connectivity index is 2.19. The van der Waals surface area contributed by atoms with E-state index in [2.05, 4.69) is 24.6 Å². The summed E-state index contributed by atoms with van der Waals surface area (Å²) >= 11 is 2.21. The maximum absolute atomic E-state index is 2.21. The molecule has 0 unspecified atom stereocenters. The standard InChI is InChI=1S/C4H9.Li/c1-3-4-2;/h1,3-4H2,2H3;/i;1-61. The van der Waals surface area contributed by atoms with Crippen molar-refractivity contribution in [3.05, 3.63) is 0 Å². The Morgan fingerprint density at radius 1 is 1.60 bits per heavy atom. The Kier molecular flexibility index (Phi) is 5.15. The summed E-state index contributed by atoms with van der Waals surface area (Å²) in [6.45, 7) is 2.21. The van der Waals surface area contributed by atoms with E-state index in [1.165, 1.54) is 17.9 Å². The third kappa shape index (κ3) is 4.60. The van der Waals surface area contributed by atoms with E-state index in [1.54, 1.807) is 0 Å². The molecule has 0 saturated carbocycles. The van der Waals surface area contributed by atoms with Crippen molar-refractivity contribution in [2.24, 2.45) is 0 Å². The van der Waals surface area contributed by atoms with Crippen LogP contribution in [0.5, 0.6) is 0 Å². The molecular formula is C4H9Li. The molecule has 0 aliphatic rings. The second-order valence-electron chi connectivity index (χ2n) is 1.35. The van der Waals surface area contributed by atoms with Gasteiger partial charge in [0.1, 0.15) is 0 Å². The summed E-state index contributed by atoms with van der Waals surface area (Å²) in [7, 11) is 0. The van der Waals surface area contributed by atoms with Gasteiger partial charge in [-0.15, -0.1) is 0 Å². The molecule has 0 aliphatic carbocycles. The molecule has 0 amide bonds. The van der Waals surface area contributed by atoms with Crippen LogP contribution in [0.1, 0.15) is 19.8 Å². The molecule has 0 N–H and O–H groups in total. The molecule has 0 aromatic rings. The van der Waals surface area contributed by atoms with Gasteiger partial charge in [0.25, 0.3) is 0 Å². The summed E-state index contributed by atoms with van der Waals surface area (Å²) in [4.78, 5) is 0. The van der Waals surface area contributed by atoms with Crippen molar-refractivity contribution in [2.75, 3.05) is 0 Å². The molecule has 0 saturated heterocycles. The molecule has 0 rings (SSSR count). The minimum absolute atomic E-state index is 1.34. The molecule has 0 spiro atoms. The van der Waals surface area contributed by atoms with E-state index < -0.39 is 0 Å². The number of hydrogen-bond donors (Lipinski definition) is 0. The fourth-order valence-electron chi connectivity index (χ4n) is 0.354. The summed E-state index contributed by atoms with van der Waals surface area (Å²) in [5.41, 5.74) is 0. The van der Waals surface area contributed by atoms with E-state index in [0.717, 1.165) is 0 Å². The zero-order valence-corrected chi connectivity index (χ0v) is 4.12. The molecule has 0 heterocycles. The Bertz CT molecular complexity index is 11.1. The van der Waals surface area contributed by atoms with Gasteiger partial charge in [0, 0.05) is 0 Å². The summed E-state index contributed by atoms with van der Waals surface area (Å²) in [5.74, 6) is 0. The summed E-state index contributed by atoms with van der Waals surface area (Å²) in [6, 6.07) is 0. The van der Waals surface area contributed by atoms with Crippen molar-refractivity contribution in [1.29, 1.82) is 0 Å². The molecule has 0 fully saturated rings. The predicted molar refractivity (Wildman–Crippen MR) is 25.5 cm³/mol. The minimum atomic E-state index is 1.34. The first-order valence-electron chi connectivity index (χ1n) is 2.41. The molecular weight excluding hydrogens is 240 g/mol. The normalized spacial score (nSPS) is 8.60. The van der Waals surface area contributed by atoms with Gasteiger partial charge in [-0.25, -0.2) is 0 Å². The van der Waals surface area contributed by atoms with Crippen molar-refractivity contribution in [1.82, 2.24) is 0 Å². The van der Waals surface area contributed by atoms with Crippen LogP contribution in [0.3, 0.4) is 0 Å². The van der Waals surface area contributed by atoms with Crippen molar-refractivity contribution < 1.29 is 0 Å². The van der Waals surface area contributed by atoms with Crippen molar-refractivity contribution in [2.45, 2.75) is 24.9 Å². The Morgan fingerprint density at radius 2 is 2.20 bits per heavy atom. The Morgan fingerprint density at radius 3 is 2.20 bits per heavy atom. The van der Waals surface area contributed by atoms with Gasteiger partial charge >= 0.3 is 42.6 Å². The molecule has 0 aromatic heterocycles. The first-order valence-corrected chi connectivity index (χ1v) is 2.41. The Labute approximate surface area is 43.2 Å². The van der Waals surface area contributed by atoms with Crippen LogP contribution in [-0.2, 0) is 0 Å². The van der Waals surface area contributed by atoms with Crippen LogP contribution in [0.4, 0.5) is 0 Å². The van der Waals surface area contributed by atoms with Crippen molar-refractivity contribution in [3.63, 3.8) is 0 Å². The van der Waals surface area contributed by atoms with Crippen LogP contribution < -0.4 is 0 Å². The fourth-order valence-corrected chi connectivity index (χ4v) is 0.354. The SMILES string of the molecule is [192Li][CH2]CCC. The molecule has 0 nitrogen and oxygen atoms in total. The average molecular weight is 249 g/mol. The van der Waals surface area contributed by atoms with Gasteiger partial charge < -0.3 is 0 Å². The topological polar surface area (TPSA) is 0 Å². The zero-order valence-electron chi connectivity index (χ0n) is 4.12. The van der Waals surface area contributed by atoms with E-state index in [0.29, 0.717) is 0 Å². The van der Waals surface area contributed by atoms with Crippen LogP contribution in [-0.4, -0.2) is 17.7 Å². The molecule has 0 aromatic carbocycles. The molecule has 5 heavy (non-hydrogen) atoms. The third-order valence-electron chi connectivity index (χ3n) is 0.707. The molecule has 0 radical (unpaired) electrons. The number of hydrogen-bond acceptors (Lipinski definition) is 0. The predicted octanol–water partition coefficient (Wildman–Crippen LogP) is 1.37. The second-order valence-corrected chi connectivity index (χ2v) is 1.35. The van der Waals surface area contributed by atoms with Crippen molar-refractivity contribution >= 4 is 17.7 Å². The van der Waals surface area contributed by atoms with E-state index in [-0.39, 0.29) is 0 Å². The fraction of sp³-hybridized carbons (Fsp3) is 1.00. The van der Waals surface area contributed by atoms with Gasteiger partial charge in [-0.3, -0.25) is 0 Å². The Hall–Kier alpha value is 0.597. The molecule has 0 aliphatic heterocycles. The quantitative estimate of drug-likeness (QED) is 0.648. The van der Waals surface area contributed by atoms with Crippen LogP contribution in [0.15, 0.2) is 0 Å². The monoisotopic (exact) mass is 249 g/mol. The summed E-state index contributed by atoms with van der Waals surface area (Å²) < 4.78 is 0. The molecule has 26 valence electrons. The summed E-state index contributed by atoms with van der Waals surface area (Å²) in [5, 5.41) is 1.34. The average Bonchev–Trinajstić information content (AvgIpc) is 1.41. The number of rotatable bonds is 2. The van der Waals surface area contributed by atoms with E-state index in [1.807, 2.05) is 0 Å². The van der Waals surface area contributed by atoms with Crippen LogP contribution in [0, 0.1) is 0 Å². The van der Waals surface area contributed by atoms with E-state index >= 15 is 0 Å².